The van der Waals surface area contributed by atoms with Crippen LogP contribution in [0.1, 0.15) is 60.4 Å². The van der Waals surface area contributed by atoms with Gasteiger partial charge >= 0.3 is 0 Å². The quantitative estimate of drug-likeness (QED) is 0.789. The lowest BCUT2D eigenvalue weighted by atomic mass is 9.95. The number of piperidine rings is 1. The van der Waals surface area contributed by atoms with E-state index in [1.165, 1.54) is 18.7 Å². The molecule has 0 amide bonds. The van der Waals surface area contributed by atoms with E-state index in [0.717, 1.165) is 56.0 Å². The summed E-state index contributed by atoms with van der Waals surface area (Å²) < 4.78 is 2.44. The second-order valence-corrected chi connectivity index (χ2v) is 8.13. The predicted molar refractivity (Wildman–Crippen MR) is 104 cm³/mol. The first-order chi connectivity index (χ1) is 13.2. The Kier molecular flexibility index (Phi) is 5.24. The topological polar surface area (TPSA) is 61.0 Å². The Morgan fingerprint density at radius 2 is 1.85 bits per heavy atom. The highest BCUT2D eigenvalue weighted by atomic mass is 15.3. The monoisotopic (exact) mass is 364 g/mol. The van der Waals surface area contributed by atoms with Gasteiger partial charge in [-0.1, -0.05) is 18.2 Å². The SMILES string of the molecule is CN(C)Cc1nnc(C2CCN(Cc3ccccc3C#N)CC2)n1C1CC1. The van der Waals surface area contributed by atoms with Gasteiger partial charge < -0.3 is 9.47 Å². The van der Waals surface area contributed by atoms with Gasteiger partial charge in [-0.2, -0.15) is 5.26 Å². The van der Waals surface area contributed by atoms with Gasteiger partial charge in [-0.3, -0.25) is 4.90 Å². The zero-order chi connectivity index (χ0) is 18.8. The fourth-order valence-corrected chi connectivity index (χ4v) is 4.09. The van der Waals surface area contributed by atoms with Crippen molar-refractivity contribution in [3.8, 4) is 6.07 Å². The number of nitrogens with zero attached hydrogens (tertiary/aromatic N) is 6. The second kappa shape index (κ2) is 7.79. The first-order valence-electron chi connectivity index (χ1n) is 9.94. The largest absolute Gasteiger partial charge is 0.311 e. The van der Waals surface area contributed by atoms with Gasteiger partial charge in [-0.25, -0.2) is 0 Å². The van der Waals surface area contributed by atoms with Crippen molar-refractivity contribution in [2.24, 2.45) is 0 Å². The van der Waals surface area contributed by atoms with Crippen LogP contribution in [0.4, 0.5) is 0 Å². The Morgan fingerprint density at radius 1 is 1.11 bits per heavy atom. The van der Waals surface area contributed by atoms with Gasteiger partial charge in [0.05, 0.1) is 18.2 Å². The Balaban J connectivity index is 1.42. The Labute approximate surface area is 161 Å². The van der Waals surface area contributed by atoms with Crippen LogP contribution < -0.4 is 0 Å². The second-order valence-electron chi connectivity index (χ2n) is 8.13. The lowest BCUT2D eigenvalue weighted by Gasteiger charge is -2.32. The van der Waals surface area contributed by atoms with E-state index in [1.54, 1.807) is 0 Å². The van der Waals surface area contributed by atoms with Crippen molar-refractivity contribution in [3.05, 3.63) is 47.0 Å². The smallest absolute Gasteiger partial charge is 0.147 e. The van der Waals surface area contributed by atoms with Crippen LogP contribution in [0.3, 0.4) is 0 Å². The van der Waals surface area contributed by atoms with Gasteiger partial charge in [0, 0.05) is 18.5 Å². The van der Waals surface area contributed by atoms with Crippen molar-refractivity contribution >= 4 is 0 Å². The summed E-state index contributed by atoms with van der Waals surface area (Å²) in [6, 6.07) is 10.9. The molecular formula is C21H28N6. The molecule has 2 heterocycles. The maximum Gasteiger partial charge on any atom is 0.147 e. The van der Waals surface area contributed by atoms with Crippen molar-refractivity contribution < 1.29 is 0 Å². The van der Waals surface area contributed by atoms with E-state index in [9.17, 15) is 5.26 Å². The van der Waals surface area contributed by atoms with Gasteiger partial charge in [0.2, 0.25) is 0 Å². The third kappa shape index (κ3) is 4.05. The molecule has 0 bridgehead atoms. The highest BCUT2D eigenvalue weighted by Gasteiger charge is 2.33. The molecule has 1 aliphatic carbocycles. The number of hydrogen-bond acceptors (Lipinski definition) is 5. The number of likely N-dealkylation sites (tertiary alicyclic amines) is 1. The van der Waals surface area contributed by atoms with Crippen LogP contribution in [-0.4, -0.2) is 51.7 Å². The fourth-order valence-electron chi connectivity index (χ4n) is 4.09. The number of nitriles is 1. The zero-order valence-electron chi connectivity index (χ0n) is 16.3. The van der Waals surface area contributed by atoms with Crippen molar-refractivity contribution in [3.63, 3.8) is 0 Å². The number of hydrogen-bond donors (Lipinski definition) is 0. The summed E-state index contributed by atoms with van der Waals surface area (Å²) in [5, 5.41) is 18.4. The van der Waals surface area contributed by atoms with Crippen molar-refractivity contribution in [1.29, 1.82) is 5.26 Å². The minimum Gasteiger partial charge on any atom is -0.311 e. The molecule has 1 aromatic carbocycles. The highest BCUT2D eigenvalue weighted by molar-refractivity contribution is 5.37. The first-order valence-corrected chi connectivity index (χ1v) is 9.94. The third-order valence-electron chi connectivity index (χ3n) is 5.65. The Hall–Kier alpha value is -2.23. The third-order valence-corrected chi connectivity index (χ3v) is 5.65. The van der Waals surface area contributed by atoms with E-state index in [-0.39, 0.29) is 0 Å². The standard InChI is InChI=1S/C21H28N6/c1-25(2)15-20-23-24-21(27(20)19-7-8-19)16-9-11-26(12-10-16)14-18-6-4-3-5-17(18)13-22/h3-6,16,19H,7-12,14-15H2,1-2H3. The highest BCUT2D eigenvalue weighted by Crippen LogP contribution is 2.40. The summed E-state index contributed by atoms with van der Waals surface area (Å²) >= 11 is 0. The average Bonchev–Trinajstić information content (AvgIpc) is 3.43. The molecule has 1 aromatic heterocycles. The fraction of sp³-hybridized carbons (Fsp3) is 0.571. The summed E-state index contributed by atoms with van der Waals surface area (Å²) in [7, 11) is 4.17. The van der Waals surface area contributed by atoms with Crippen molar-refractivity contribution in [2.45, 2.75) is 50.7 Å². The molecule has 1 aliphatic heterocycles. The van der Waals surface area contributed by atoms with Crippen LogP contribution in [0.25, 0.3) is 0 Å². The number of benzene rings is 1. The first kappa shape index (κ1) is 18.1. The van der Waals surface area contributed by atoms with Crippen LogP contribution in [0.15, 0.2) is 24.3 Å². The van der Waals surface area contributed by atoms with Gasteiger partial charge in [0.1, 0.15) is 11.6 Å². The molecule has 0 radical (unpaired) electrons. The van der Waals surface area contributed by atoms with E-state index in [4.69, 9.17) is 0 Å². The molecule has 0 N–H and O–H groups in total. The lowest BCUT2D eigenvalue weighted by Crippen LogP contribution is -2.33. The summed E-state index contributed by atoms with van der Waals surface area (Å²) in [5.41, 5.74) is 1.93. The van der Waals surface area contributed by atoms with Gasteiger partial charge in [-0.15, -0.1) is 10.2 Å². The number of aromatic nitrogens is 3. The minimum absolute atomic E-state index is 0.497. The molecular weight excluding hydrogens is 336 g/mol. The van der Waals surface area contributed by atoms with Crippen LogP contribution in [-0.2, 0) is 13.1 Å². The normalized spacial score (nSPS) is 18.7. The molecule has 2 fully saturated rings. The molecule has 142 valence electrons. The summed E-state index contributed by atoms with van der Waals surface area (Å²) in [6.07, 6.45) is 4.74. The van der Waals surface area contributed by atoms with E-state index in [1.807, 2.05) is 18.2 Å². The van der Waals surface area contributed by atoms with Crippen LogP contribution in [0, 0.1) is 11.3 Å². The minimum atomic E-state index is 0.497. The average molecular weight is 364 g/mol. The molecule has 1 saturated heterocycles. The van der Waals surface area contributed by atoms with Crippen LogP contribution in [0.2, 0.25) is 0 Å². The molecule has 2 aliphatic rings. The van der Waals surface area contributed by atoms with Crippen molar-refractivity contribution in [1.82, 2.24) is 24.6 Å². The Bertz CT molecular complexity index is 821. The van der Waals surface area contributed by atoms with E-state index in [2.05, 4.69) is 50.8 Å². The zero-order valence-corrected chi connectivity index (χ0v) is 16.3. The van der Waals surface area contributed by atoms with Gasteiger partial charge in [0.25, 0.3) is 0 Å². The van der Waals surface area contributed by atoms with Gasteiger partial charge in [-0.05, 0) is 64.5 Å². The number of rotatable bonds is 6. The summed E-state index contributed by atoms with van der Waals surface area (Å²) in [6.45, 7) is 3.81. The lowest BCUT2D eigenvalue weighted by molar-refractivity contribution is 0.199. The van der Waals surface area contributed by atoms with Crippen LogP contribution >= 0.6 is 0 Å². The van der Waals surface area contributed by atoms with E-state index < -0.39 is 0 Å². The molecule has 0 spiro atoms. The molecule has 0 atom stereocenters. The molecule has 1 saturated carbocycles. The molecule has 6 nitrogen and oxygen atoms in total. The predicted octanol–water partition coefficient (Wildman–Crippen LogP) is 2.93. The van der Waals surface area contributed by atoms with Crippen molar-refractivity contribution in [2.75, 3.05) is 27.2 Å². The summed E-state index contributed by atoms with van der Waals surface area (Å²) in [4.78, 5) is 4.63. The summed E-state index contributed by atoms with van der Waals surface area (Å²) in [5.74, 6) is 2.81. The van der Waals surface area contributed by atoms with Crippen LogP contribution in [0.5, 0.6) is 0 Å². The molecule has 4 rings (SSSR count). The molecule has 0 unspecified atom stereocenters. The van der Waals surface area contributed by atoms with E-state index >= 15 is 0 Å². The Morgan fingerprint density at radius 3 is 2.52 bits per heavy atom. The van der Waals surface area contributed by atoms with E-state index in [0.29, 0.717) is 12.0 Å². The van der Waals surface area contributed by atoms with Gasteiger partial charge in [0.15, 0.2) is 0 Å². The molecule has 6 heteroatoms. The maximum atomic E-state index is 9.30. The maximum absolute atomic E-state index is 9.30. The molecule has 27 heavy (non-hydrogen) atoms. The molecule has 2 aromatic rings.